The molecule has 1 aromatic carbocycles. The molecule has 8 nitrogen and oxygen atoms in total. The van der Waals surface area contributed by atoms with Crippen LogP contribution in [0.5, 0.6) is 5.75 Å². The quantitative estimate of drug-likeness (QED) is 0.798. The first-order valence-corrected chi connectivity index (χ1v) is 9.93. The van der Waals surface area contributed by atoms with Crippen molar-refractivity contribution in [3.8, 4) is 5.75 Å². The van der Waals surface area contributed by atoms with Crippen molar-refractivity contribution in [2.75, 3.05) is 45.3 Å². The van der Waals surface area contributed by atoms with Gasteiger partial charge >= 0.3 is 0 Å². The Morgan fingerprint density at radius 1 is 1.21 bits per heavy atom. The maximum absolute atomic E-state index is 12.8. The Kier molecular flexibility index (Phi) is 5.92. The van der Waals surface area contributed by atoms with E-state index >= 15 is 0 Å². The highest BCUT2D eigenvalue weighted by molar-refractivity contribution is 5.93. The van der Waals surface area contributed by atoms with Gasteiger partial charge in [0.15, 0.2) is 5.79 Å². The first kappa shape index (κ1) is 19.6. The van der Waals surface area contributed by atoms with Crippen LogP contribution in [0.25, 0.3) is 0 Å². The van der Waals surface area contributed by atoms with Crippen LogP contribution in [0.2, 0.25) is 0 Å². The third-order valence-corrected chi connectivity index (χ3v) is 5.37. The van der Waals surface area contributed by atoms with Crippen LogP contribution in [0.4, 0.5) is 5.82 Å². The molecule has 3 heterocycles. The number of benzene rings is 1. The monoisotopic (exact) mass is 398 g/mol. The number of hydrogen-bond donors (Lipinski definition) is 1. The fraction of sp³-hybridized carbons (Fsp3) is 0.476. The summed E-state index contributed by atoms with van der Waals surface area (Å²) in [6.07, 6.45) is 3.62. The molecular weight excluding hydrogens is 372 g/mol. The molecule has 29 heavy (non-hydrogen) atoms. The molecule has 2 saturated heterocycles. The molecule has 4 rings (SSSR count). The van der Waals surface area contributed by atoms with E-state index in [0.717, 1.165) is 12.2 Å². The van der Waals surface area contributed by atoms with E-state index < -0.39 is 5.79 Å². The molecule has 0 atom stereocenters. The number of ether oxygens (including phenoxy) is 3. The van der Waals surface area contributed by atoms with E-state index in [-0.39, 0.29) is 5.91 Å². The van der Waals surface area contributed by atoms with Gasteiger partial charge in [-0.3, -0.25) is 4.79 Å². The molecule has 1 spiro atoms. The molecule has 0 saturated carbocycles. The maximum atomic E-state index is 12.8. The Morgan fingerprint density at radius 2 is 2.00 bits per heavy atom. The lowest BCUT2D eigenvalue weighted by atomic mass is 10.0. The highest BCUT2D eigenvalue weighted by atomic mass is 16.7. The van der Waals surface area contributed by atoms with Gasteiger partial charge in [0.25, 0.3) is 5.91 Å². The number of nitrogens with one attached hydrogen (secondary N) is 1. The molecule has 2 aliphatic heterocycles. The van der Waals surface area contributed by atoms with Crippen molar-refractivity contribution < 1.29 is 19.0 Å². The summed E-state index contributed by atoms with van der Waals surface area (Å²) in [4.78, 5) is 23.0. The number of piperidine rings is 1. The zero-order valence-corrected chi connectivity index (χ0v) is 16.6. The topological polar surface area (TPSA) is 85.8 Å². The van der Waals surface area contributed by atoms with Crippen LogP contribution in [0.15, 0.2) is 36.7 Å². The molecule has 0 aliphatic carbocycles. The Bertz CT molecular complexity index is 844. The van der Waals surface area contributed by atoms with Crippen LogP contribution >= 0.6 is 0 Å². The van der Waals surface area contributed by atoms with E-state index in [2.05, 4.69) is 21.4 Å². The Morgan fingerprint density at radius 3 is 2.76 bits per heavy atom. The Hall–Kier alpha value is -2.71. The van der Waals surface area contributed by atoms with Crippen molar-refractivity contribution >= 4 is 11.7 Å². The minimum atomic E-state index is -0.491. The van der Waals surface area contributed by atoms with Gasteiger partial charge in [-0.15, -0.1) is 0 Å². The third-order valence-electron chi connectivity index (χ3n) is 5.37. The summed E-state index contributed by atoms with van der Waals surface area (Å²) in [6.45, 7) is 3.15. The zero-order chi connectivity index (χ0) is 20.1. The van der Waals surface area contributed by atoms with E-state index in [1.54, 1.807) is 18.1 Å². The largest absolute Gasteiger partial charge is 0.497 e. The van der Waals surface area contributed by atoms with Gasteiger partial charge in [-0.1, -0.05) is 12.1 Å². The van der Waals surface area contributed by atoms with Gasteiger partial charge in [-0.25, -0.2) is 9.97 Å². The normalized spacial score (nSPS) is 18.0. The Labute approximate surface area is 170 Å². The van der Waals surface area contributed by atoms with Gasteiger partial charge in [0.2, 0.25) is 0 Å². The fourth-order valence-electron chi connectivity index (χ4n) is 3.73. The molecule has 154 valence electrons. The minimum Gasteiger partial charge on any atom is -0.497 e. The second kappa shape index (κ2) is 8.75. The Balaban J connectivity index is 1.31. The summed E-state index contributed by atoms with van der Waals surface area (Å²) in [6, 6.07) is 9.67. The molecule has 1 amide bonds. The smallest absolute Gasteiger partial charge is 0.272 e. The first-order chi connectivity index (χ1) is 14.2. The zero-order valence-electron chi connectivity index (χ0n) is 16.6. The fourth-order valence-corrected chi connectivity index (χ4v) is 3.73. The summed E-state index contributed by atoms with van der Waals surface area (Å²) < 4.78 is 16.7. The summed E-state index contributed by atoms with van der Waals surface area (Å²) in [5, 5.41) is 3.27. The molecule has 2 fully saturated rings. The van der Waals surface area contributed by atoms with E-state index in [1.165, 1.54) is 11.9 Å². The SMILES string of the molecule is COc1cccc(CCNc2cc(C(=O)N3CCC4(CC3)OCCO4)ncn2)c1. The number of hydrogen-bond acceptors (Lipinski definition) is 7. The summed E-state index contributed by atoms with van der Waals surface area (Å²) in [5.74, 6) is 0.905. The summed E-state index contributed by atoms with van der Waals surface area (Å²) >= 11 is 0. The minimum absolute atomic E-state index is 0.0870. The van der Waals surface area contributed by atoms with Crippen molar-refractivity contribution in [3.05, 3.63) is 47.9 Å². The molecule has 0 bridgehead atoms. The molecule has 8 heteroatoms. The molecule has 0 unspecified atom stereocenters. The highest BCUT2D eigenvalue weighted by Crippen LogP contribution is 2.31. The van der Waals surface area contributed by atoms with Crippen molar-refractivity contribution in [2.45, 2.75) is 25.0 Å². The second-order valence-electron chi connectivity index (χ2n) is 7.22. The average molecular weight is 398 g/mol. The first-order valence-electron chi connectivity index (χ1n) is 9.93. The lowest BCUT2D eigenvalue weighted by Gasteiger charge is -2.37. The van der Waals surface area contributed by atoms with Crippen molar-refractivity contribution in [1.82, 2.24) is 14.9 Å². The summed E-state index contributed by atoms with van der Waals surface area (Å²) in [7, 11) is 1.66. The van der Waals surface area contributed by atoms with E-state index in [9.17, 15) is 4.79 Å². The average Bonchev–Trinajstić information content (AvgIpc) is 3.22. The predicted molar refractivity (Wildman–Crippen MR) is 107 cm³/mol. The van der Waals surface area contributed by atoms with Crippen LogP contribution in [0.3, 0.4) is 0 Å². The number of anilines is 1. The lowest BCUT2D eigenvalue weighted by Crippen LogP contribution is -2.47. The molecule has 2 aliphatic rings. The number of carbonyl (C=O) groups excluding carboxylic acids is 1. The molecule has 1 N–H and O–H groups in total. The van der Waals surface area contributed by atoms with Crippen LogP contribution < -0.4 is 10.1 Å². The molecular formula is C21H26N4O4. The van der Waals surface area contributed by atoms with Gasteiger partial charge in [-0.2, -0.15) is 0 Å². The van der Waals surface area contributed by atoms with Gasteiger partial charge < -0.3 is 24.4 Å². The predicted octanol–water partition coefficient (Wildman–Crippen LogP) is 2.12. The number of carbonyl (C=O) groups is 1. The van der Waals surface area contributed by atoms with Crippen LogP contribution in [-0.4, -0.2) is 66.5 Å². The number of nitrogens with zero attached hydrogens (tertiary/aromatic N) is 3. The van der Waals surface area contributed by atoms with E-state index in [4.69, 9.17) is 14.2 Å². The third kappa shape index (κ3) is 4.65. The second-order valence-corrected chi connectivity index (χ2v) is 7.22. The molecule has 2 aromatic rings. The highest BCUT2D eigenvalue weighted by Gasteiger charge is 2.41. The number of methoxy groups -OCH3 is 1. The lowest BCUT2D eigenvalue weighted by molar-refractivity contribution is -0.181. The number of amides is 1. The van der Waals surface area contributed by atoms with Crippen molar-refractivity contribution in [2.24, 2.45) is 0 Å². The van der Waals surface area contributed by atoms with Crippen LogP contribution in [0.1, 0.15) is 28.9 Å². The van der Waals surface area contributed by atoms with Crippen LogP contribution in [-0.2, 0) is 15.9 Å². The standard InChI is InChI=1S/C21H26N4O4/c1-27-17-4-2-3-16(13-17)5-8-22-19-14-18(23-15-24-19)20(26)25-9-6-21(7-10-25)28-11-12-29-21/h2-4,13-15H,5-12H2,1H3,(H,22,23,24). The van der Waals surface area contributed by atoms with Crippen molar-refractivity contribution in [3.63, 3.8) is 0 Å². The van der Waals surface area contributed by atoms with Gasteiger partial charge in [0, 0.05) is 38.5 Å². The van der Waals surface area contributed by atoms with E-state index in [1.807, 2.05) is 18.2 Å². The summed E-state index contributed by atoms with van der Waals surface area (Å²) in [5.41, 5.74) is 1.56. The van der Waals surface area contributed by atoms with E-state index in [0.29, 0.717) is 57.2 Å². The van der Waals surface area contributed by atoms with Gasteiger partial charge in [-0.05, 0) is 24.1 Å². The van der Waals surface area contributed by atoms with Crippen molar-refractivity contribution in [1.29, 1.82) is 0 Å². The molecule has 1 aromatic heterocycles. The number of aromatic nitrogens is 2. The molecule has 0 radical (unpaired) electrons. The maximum Gasteiger partial charge on any atom is 0.272 e. The van der Waals surface area contributed by atoms with Crippen LogP contribution in [0, 0.1) is 0 Å². The number of likely N-dealkylation sites (tertiary alicyclic amines) is 1. The number of rotatable bonds is 6. The van der Waals surface area contributed by atoms with Gasteiger partial charge in [0.1, 0.15) is 23.6 Å². The van der Waals surface area contributed by atoms with Gasteiger partial charge in [0.05, 0.1) is 20.3 Å².